The van der Waals surface area contributed by atoms with Crippen LogP contribution in [-0.4, -0.2) is 4.98 Å². The number of rotatable bonds is 4. The van der Waals surface area contributed by atoms with Crippen LogP contribution in [0.2, 0.25) is 0 Å². The Labute approximate surface area is 105 Å². The minimum atomic E-state index is 0. The van der Waals surface area contributed by atoms with E-state index < -0.39 is 0 Å². The van der Waals surface area contributed by atoms with Gasteiger partial charge in [0, 0.05) is 11.9 Å². The Hall–Kier alpha value is -1.10. The predicted octanol–water partition coefficient (Wildman–Crippen LogP) is 2.60. The predicted molar refractivity (Wildman–Crippen MR) is 68.0 cm³/mol. The van der Waals surface area contributed by atoms with E-state index in [1.54, 1.807) is 11.3 Å². The number of nitrogens with two attached hydrogens (primary N) is 1. The van der Waals surface area contributed by atoms with Crippen molar-refractivity contribution in [3.63, 3.8) is 0 Å². The van der Waals surface area contributed by atoms with Crippen LogP contribution in [0, 0.1) is 0 Å². The molecule has 1 heterocycles. The zero-order valence-electron chi connectivity index (χ0n) is 8.63. The van der Waals surface area contributed by atoms with Gasteiger partial charge in [-0.1, -0.05) is 18.2 Å². The second-order valence-electron chi connectivity index (χ2n) is 3.04. The summed E-state index contributed by atoms with van der Waals surface area (Å²) in [5.41, 5.74) is 6.40. The second-order valence-corrected chi connectivity index (χ2v) is 3.98. The van der Waals surface area contributed by atoms with Gasteiger partial charge in [0.2, 0.25) is 0 Å². The molecule has 0 saturated heterocycles. The fourth-order valence-corrected chi connectivity index (χ4v) is 1.89. The number of benzene rings is 1. The smallest absolute Gasteiger partial charge is 0.140 e. The Kier molecular flexibility index (Phi) is 5.25. The molecule has 16 heavy (non-hydrogen) atoms. The van der Waals surface area contributed by atoms with Gasteiger partial charge in [0.15, 0.2) is 0 Å². The molecular weight excluding hydrogens is 244 g/mol. The molecule has 0 bridgehead atoms. The van der Waals surface area contributed by atoms with Crippen molar-refractivity contribution in [2.75, 3.05) is 0 Å². The number of para-hydroxylation sites is 1. The monoisotopic (exact) mass is 256 g/mol. The van der Waals surface area contributed by atoms with Crippen molar-refractivity contribution in [3.05, 3.63) is 46.4 Å². The van der Waals surface area contributed by atoms with Gasteiger partial charge in [-0.25, -0.2) is 4.98 Å². The summed E-state index contributed by atoms with van der Waals surface area (Å²) in [7, 11) is 0. The van der Waals surface area contributed by atoms with Crippen molar-refractivity contribution in [3.8, 4) is 5.75 Å². The summed E-state index contributed by atoms with van der Waals surface area (Å²) in [5.74, 6) is 0.863. The van der Waals surface area contributed by atoms with Crippen molar-refractivity contribution in [1.82, 2.24) is 4.98 Å². The number of nitrogens with zero attached hydrogens (tertiary/aromatic N) is 1. The zero-order valence-corrected chi connectivity index (χ0v) is 10.3. The lowest BCUT2D eigenvalue weighted by Crippen LogP contribution is -1.98. The van der Waals surface area contributed by atoms with Crippen molar-refractivity contribution in [2.24, 2.45) is 5.73 Å². The van der Waals surface area contributed by atoms with E-state index in [2.05, 4.69) is 4.98 Å². The first-order chi connectivity index (χ1) is 7.38. The first-order valence-corrected chi connectivity index (χ1v) is 5.57. The summed E-state index contributed by atoms with van der Waals surface area (Å²) in [4.78, 5) is 4.31. The number of thiazole rings is 1. The third-order valence-corrected chi connectivity index (χ3v) is 2.79. The van der Waals surface area contributed by atoms with Gasteiger partial charge in [0.05, 0.1) is 5.69 Å². The maximum absolute atomic E-state index is 5.56. The highest BCUT2D eigenvalue weighted by Gasteiger charge is 2.01. The maximum Gasteiger partial charge on any atom is 0.140 e. The Morgan fingerprint density at radius 1 is 1.25 bits per heavy atom. The lowest BCUT2D eigenvalue weighted by atomic mass is 10.3. The van der Waals surface area contributed by atoms with Crippen LogP contribution in [0.1, 0.15) is 10.7 Å². The first-order valence-electron chi connectivity index (χ1n) is 4.69. The molecule has 2 N–H and O–H groups in total. The molecule has 0 atom stereocenters. The van der Waals surface area contributed by atoms with Gasteiger partial charge in [-0.2, -0.15) is 0 Å². The van der Waals surface area contributed by atoms with E-state index in [4.69, 9.17) is 10.5 Å². The van der Waals surface area contributed by atoms with Crippen molar-refractivity contribution in [1.29, 1.82) is 0 Å². The SMILES string of the molecule is Cl.NCc1csc(COc2ccccc2)n1. The second kappa shape index (κ2) is 6.48. The molecule has 0 radical (unpaired) electrons. The lowest BCUT2D eigenvalue weighted by Gasteiger charge is -2.02. The van der Waals surface area contributed by atoms with Gasteiger partial charge in [0.1, 0.15) is 17.4 Å². The fourth-order valence-electron chi connectivity index (χ4n) is 1.17. The van der Waals surface area contributed by atoms with Crippen molar-refractivity contribution >= 4 is 23.7 Å². The van der Waals surface area contributed by atoms with E-state index in [1.165, 1.54) is 0 Å². The maximum atomic E-state index is 5.56. The molecule has 0 aliphatic carbocycles. The zero-order chi connectivity index (χ0) is 10.5. The Morgan fingerprint density at radius 3 is 2.62 bits per heavy atom. The van der Waals surface area contributed by atoms with E-state index in [0.717, 1.165) is 16.5 Å². The molecular formula is C11H13ClN2OS. The van der Waals surface area contributed by atoms with Crippen LogP contribution in [0.5, 0.6) is 5.75 Å². The van der Waals surface area contributed by atoms with E-state index in [1.807, 2.05) is 35.7 Å². The highest BCUT2D eigenvalue weighted by molar-refractivity contribution is 7.09. The van der Waals surface area contributed by atoms with Crippen LogP contribution in [0.25, 0.3) is 0 Å². The molecule has 2 rings (SSSR count). The summed E-state index contributed by atoms with van der Waals surface area (Å²) in [6.45, 7) is 0.997. The summed E-state index contributed by atoms with van der Waals surface area (Å²) in [6, 6.07) is 9.71. The first kappa shape index (κ1) is 13.0. The summed E-state index contributed by atoms with van der Waals surface area (Å²) < 4.78 is 5.56. The number of hydrogen-bond donors (Lipinski definition) is 1. The number of aromatic nitrogens is 1. The minimum Gasteiger partial charge on any atom is -0.486 e. The molecule has 0 aliphatic rings. The molecule has 0 amide bonds. The van der Waals surface area contributed by atoms with Crippen LogP contribution < -0.4 is 10.5 Å². The van der Waals surface area contributed by atoms with Gasteiger partial charge in [-0.05, 0) is 12.1 Å². The quantitative estimate of drug-likeness (QED) is 0.915. The summed E-state index contributed by atoms with van der Waals surface area (Å²) in [5, 5.41) is 2.92. The van der Waals surface area contributed by atoms with Crippen LogP contribution in [0.4, 0.5) is 0 Å². The lowest BCUT2D eigenvalue weighted by molar-refractivity contribution is 0.305. The van der Waals surface area contributed by atoms with Crippen molar-refractivity contribution in [2.45, 2.75) is 13.2 Å². The van der Waals surface area contributed by atoms with Crippen molar-refractivity contribution < 1.29 is 4.74 Å². The standard InChI is InChI=1S/C11H12N2OS.ClH/c12-6-9-8-15-11(13-9)7-14-10-4-2-1-3-5-10;/h1-5,8H,6-7,12H2;1H. The van der Waals surface area contributed by atoms with E-state index >= 15 is 0 Å². The molecule has 0 fully saturated rings. The van der Waals surface area contributed by atoms with Gasteiger partial charge in [0.25, 0.3) is 0 Å². The average Bonchev–Trinajstić information content (AvgIpc) is 2.76. The molecule has 0 saturated carbocycles. The molecule has 86 valence electrons. The Bertz CT molecular complexity index is 419. The molecule has 5 heteroatoms. The summed E-state index contributed by atoms with van der Waals surface area (Å²) >= 11 is 1.58. The van der Waals surface area contributed by atoms with Crippen LogP contribution in [0.3, 0.4) is 0 Å². The van der Waals surface area contributed by atoms with Crippen LogP contribution >= 0.6 is 23.7 Å². The molecule has 3 nitrogen and oxygen atoms in total. The fraction of sp³-hybridized carbons (Fsp3) is 0.182. The number of ether oxygens (including phenoxy) is 1. The molecule has 0 unspecified atom stereocenters. The Morgan fingerprint density at radius 2 is 2.00 bits per heavy atom. The number of hydrogen-bond acceptors (Lipinski definition) is 4. The molecule has 0 aliphatic heterocycles. The molecule has 1 aromatic heterocycles. The normalized spacial score (nSPS) is 9.56. The average molecular weight is 257 g/mol. The van der Waals surface area contributed by atoms with Gasteiger partial charge in [-0.3, -0.25) is 0 Å². The van der Waals surface area contributed by atoms with E-state index in [9.17, 15) is 0 Å². The molecule has 1 aromatic carbocycles. The van der Waals surface area contributed by atoms with E-state index in [-0.39, 0.29) is 12.4 Å². The molecule has 2 aromatic rings. The third-order valence-electron chi connectivity index (χ3n) is 1.91. The Balaban J connectivity index is 0.00000128. The highest BCUT2D eigenvalue weighted by Crippen LogP contribution is 2.14. The topological polar surface area (TPSA) is 48.1 Å². The van der Waals surface area contributed by atoms with Crippen LogP contribution in [0.15, 0.2) is 35.7 Å². The van der Waals surface area contributed by atoms with E-state index in [0.29, 0.717) is 13.2 Å². The number of halogens is 1. The highest BCUT2D eigenvalue weighted by atomic mass is 35.5. The minimum absolute atomic E-state index is 0. The molecule has 0 spiro atoms. The van der Waals surface area contributed by atoms with Gasteiger partial charge < -0.3 is 10.5 Å². The van der Waals surface area contributed by atoms with Gasteiger partial charge >= 0.3 is 0 Å². The third kappa shape index (κ3) is 3.48. The summed E-state index contributed by atoms with van der Waals surface area (Å²) in [6.07, 6.45) is 0. The van der Waals surface area contributed by atoms with Gasteiger partial charge in [-0.15, -0.1) is 23.7 Å². The largest absolute Gasteiger partial charge is 0.486 e. The van der Waals surface area contributed by atoms with Crippen LogP contribution in [-0.2, 0) is 13.2 Å².